The molecule has 155 valence electrons. The monoisotopic (exact) mass is 568 g/mol. The van der Waals surface area contributed by atoms with Crippen LogP contribution in [0.2, 0.25) is 39.3 Å². The van der Waals surface area contributed by atoms with Crippen LogP contribution in [0.1, 0.15) is 12.8 Å². The van der Waals surface area contributed by atoms with Crippen molar-refractivity contribution in [3.63, 3.8) is 0 Å². The molecule has 0 heterocycles. The van der Waals surface area contributed by atoms with Crippen molar-refractivity contribution >= 4 is 16.5 Å². The van der Waals surface area contributed by atoms with E-state index in [4.69, 9.17) is 4.65 Å². The zero-order chi connectivity index (χ0) is 21.1. The first kappa shape index (κ1) is 26.9. The summed E-state index contributed by atoms with van der Waals surface area (Å²) in [5.74, 6) is 8.45. The third kappa shape index (κ3) is 8.23. The van der Waals surface area contributed by atoms with Crippen molar-refractivity contribution in [2.75, 3.05) is 0 Å². The standard InChI is InChI=1S/C20H16.C6H18NSi2.Sm/c1-3-7-19-15(5-1)9-11-17(19)13-14-18-12-10-16-6-2-4-8-20(16)18;1-8(2,3)7-9(4,5)6;/h1-12H,13-14H2;1-6H3;/q;-1;+3. The molecule has 2 fully saturated rings. The summed E-state index contributed by atoms with van der Waals surface area (Å²) in [5.41, 5.74) is 0. The number of allylic oxidation sites excluding steroid dienone is 8. The van der Waals surface area contributed by atoms with E-state index in [-0.39, 0.29) is 40.4 Å². The van der Waals surface area contributed by atoms with Crippen molar-refractivity contribution in [1.29, 1.82) is 0 Å². The normalized spacial score (nSPS) is 23.3. The maximum Gasteiger partial charge on any atom is 3.00 e. The molecule has 1 nitrogen and oxygen atoms in total. The third-order valence-corrected chi connectivity index (χ3v) is 10.2. The van der Waals surface area contributed by atoms with Crippen LogP contribution < -0.4 is 0 Å². The molecule has 0 aromatic heterocycles. The average molecular weight is 567 g/mol. The smallest absolute Gasteiger partial charge is 0.668 e. The van der Waals surface area contributed by atoms with Gasteiger partial charge in [0.1, 0.15) is 0 Å². The van der Waals surface area contributed by atoms with E-state index in [0.29, 0.717) is 0 Å². The van der Waals surface area contributed by atoms with E-state index in [1.165, 1.54) is 35.5 Å². The zero-order valence-corrected chi connectivity index (χ0v) is 23.8. The molecule has 0 bridgehead atoms. The van der Waals surface area contributed by atoms with Crippen molar-refractivity contribution in [2.45, 2.75) is 52.1 Å². The minimum absolute atomic E-state index is 0. The molecule has 0 saturated heterocycles. The SMILES string of the molecule is C[Si](C)(C)[N-][Si](C)(C)C.[CH]1[CH][C](CC[C]2[CH][CH][C]3C=CC=C[C]32)[C]2C=CC=C[C]12.[Sm+3]. The van der Waals surface area contributed by atoms with Gasteiger partial charge in [0, 0.05) is 23.7 Å². The van der Waals surface area contributed by atoms with E-state index in [2.05, 4.69) is 114 Å². The van der Waals surface area contributed by atoms with Crippen LogP contribution >= 0.6 is 0 Å². The molecule has 4 rings (SSSR count). The summed E-state index contributed by atoms with van der Waals surface area (Å²) in [6, 6.07) is 0. The Morgan fingerprint density at radius 1 is 0.567 bits per heavy atom. The molecule has 0 spiro atoms. The van der Waals surface area contributed by atoms with Crippen molar-refractivity contribution < 1.29 is 40.4 Å². The van der Waals surface area contributed by atoms with Gasteiger partial charge in [-0.15, -0.1) is 0 Å². The quantitative estimate of drug-likeness (QED) is 0.309. The molecule has 0 N–H and O–H groups in total. The van der Waals surface area contributed by atoms with Gasteiger partial charge >= 0.3 is 40.4 Å². The minimum Gasteiger partial charge on any atom is -0.668 e. The van der Waals surface area contributed by atoms with Crippen molar-refractivity contribution in [1.82, 2.24) is 0 Å². The van der Waals surface area contributed by atoms with Gasteiger partial charge in [0.05, 0.1) is 0 Å². The molecule has 2 saturated carbocycles. The van der Waals surface area contributed by atoms with Crippen molar-refractivity contribution in [2.24, 2.45) is 0 Å². The molecule has 30 heavy (non-hydrogen) atoms. The maximum atomic E-state index is 4.82. The average Bonchev–Trinajstić information content (AvgIpc) is 3.21. The first-order chi connectivity index (χ1) is 13.6. The van der Waals surface area contributed by atoms with Crippen LogP contribution in [0.3, 0.4) is 0 Å². The van der Waals surface area contributed by atoms with Crippen molar-refractivity contribution in [3.05, 3.63) is 114 Å². The van der Waals surface area contributed by atoms with Gasteiger partial charge in [0.2, 0.25) is 0 Å². The number of rotatable bonds is 5. The van der Waals surface area contributed by atoms with E-state index in [9.17, 15) is 0 Å². The summed E-state index contributed by atoms with van der Waals surface area (Å²) in [6.45, 7) is 13.8. The first-order valence-corrected chi connectivity index (χ1v) is 17.5. The Labute approximate surface area is 221 Å². The molecule has 0 amide bonds. The molecule has 4 aliphatic rings. The summed E-state index contributed by atoms with van der Waals surface area (Å²) in [4.78, 5) is 0. The second kappa shape index (κ2) is 11.7. The molecule has 0 unspecified atom stereocenters. The van der Waals surface area contributed by atoms with Crippen LogP contribution in [0.4, 0.5) is 0 Å². The first-order valence-electron chi connectivity index (χ1n) is 10.6. The van der Waals surface area contributed by atoms with Gasteiger partial charge in [-0.25, -0.2) is 0 Å². The Kier molecular flexibility index (Phi) is 10.5. The summed E-state index contributed by atoms with van der Waals surface area (Å²) in [5, 5.41) is 0. The Balaban J connectivity index is 0.000000277. The van der Waals surface area contributed by atoms with Crippen LogP contribution in [0.25, 0.3) is 4.65 Å². The summed E-state index contributed by atoms with van der Waals surface area (Å²) in [7, 11) is -2.21. The Morgan fingerprint density at radius 2 is 0.933 bits per heavy atom. The number of fused-ring (bicyclic) bond motifs is 2. The van der Waals surface area contributed by atoms with E-state index in [1.807, 2.05) is 0 Å². The zero-order valence-electron chi connectivity index (χ0n) is 19.2. The van der Waals surface area contributed by atoms with E-state index < -0.39 is 16.5 Å². The maximum absolute atomic E-state index is 4.82. The van der Waals surface area contributed by atoms with Crippen LogP contribution in [0, 0.1) is 102 Å². The second-order valence-corrected chi connectivity index (χ2v) is 19.4. The molecule has 0 atom stereocenters. The summed E-state index contributed by atoms with van der Waals surface area (Å²) < 4.78 is 4.82. The van der Waals surface area contributed by atoms with Gasteiger partial charge in [-0.1, -0.05) is 104 Å². The topological polar surface area (TPSA) is 14.1 Å². The molecule has 4 heteroatoms. The molecular formula is C26H34NSi2Sm+2. The van der Waals surface area contributed by atoms with E-state index >= 15 is 0 Å². The van der Waals surface area contributed by atoms with Gasteiger partial charge in [0.15, 0.2) is 0 Å². The Morgan fingerprint density at radius 3 is 1.27 bits per heavy atom. The van der Waals surface area contributed by atoms with Gasteiger partial charge in [-0.2, -0.15) is 0 Å². The van der Waals surface area contributed by atoms with Crippen LogP contribution in [0.5, 0.6) is 0 Å². The molecule has 11 radical (unpaired) electrons. The predicted octanol–water partition coefficient (Wildman–Crippen LogP) is 7.34. The van der Waals surface area contributed by atoms with Gasteiger partial charge in [0.25, 0.3) is 0 Å². The van der Waals surface area contributed by atoms with Crippen LogP contribution in [-0.2, 0) is 0 Å². The number of nitrogens with zero attached hydrogens (tertiary/aromatic N) is 1. The van der Waals surface area contributed by atoms with Crippen molar-refractivity contribution in [3.8, 4) is 0 Å². The van der Waals surface area contributed by atoms with Crippen LogP contribution in [0.15, 0.2) is 48.6 Å². The fourth-order valence-corrected chi connectivity index (χ4v) is 12.2. The van der Waals surface area contributed by atoms with Gasteiger partial charge < -0.3 is 4.65 Å². The number of hydrogen-bond donors (Lipinski definition) is 0. The molecule has 0 aromatic rings. The van der Waals surface area contributed by atoms with Gasteiger partial charge in [-0.05, 0) is 50.4 Å². The van der Waals surface area contributed by atoms with Crippen LogP contribution in [-0.4, -0.2) is 16.5 Å². The van der Waals surface area contributed by atoms with Gasteiger partial charge in [-0.3, -0.25) is 0 Å². The second-order valence-electron chi connectivity index (χ2n) is 9.85. The molecule has 0 aliphatic heterocycles. The largest absolute Gasteiger partial charge is 3.00 e. The van der Waals surface area contributed by atoms with E-state index in [0.717, 1.165) is 12.8 Å². The predicted molar refractivity (Wildman–Crippen MR) is 133 cm³/mol. The fourth-order valence-electron chi connectivity index (χ4n) is 4.14. The molecule has 0 aromatic carbocycles. The fraction of sp³-hybridized carbons (Fsp3) is 0.308. The molecular weight excluding hydrogens is 533 g/mol. The molecule has 4 aliphatic carbocycles. The number of hydrogen-bond acceptors (Lipinski definition) is 0. The third-order valence-electron chi connectivity index (χ3n) is 4.88. The summed E-state index contributed by atoms with van der Waals surface area (Å²) >= 11 is 0. The minimum atomic E-state index is -1.11. The summed E-state index contributed by atoms with van der Waals surface area (Å²) in [6.07, 6.45) is 28.5. The Hall–Kier alpha value is 0.691. The Bertz CT molecular complexity index is 597. The van der Waals surface area contributed by atoms with E-state index in [1.54, 1.807) is 0 Å².